The molecule has 0 fully saturated rings. The normalized spacial score (nSPS) is 12.1. The van der Waals surface area contributed by atoms with Crippen LogP contribution in [0.5, 0.6) is 11.5 Å². The maximum atomic E-state index is 6.19. The highest BCUT2D eigenvalue weighted by Crippen LogP contribution is 2.35. The van der Waals surface area contributed by atoms with Crippen LogP contribution in [0.3, 0.4) is 0 Å². The Morgan fingerprint density at radius 2 is 1.69 bits per heavy atom. The number of halogens is 1. The van der Waals surface area contributed by atoms with E-state index in [1.807, 2.05) is 56.3 Å². The van der Waals surface area contributed by atoms with Gasteiger partial charge in [0.2, 0.25) is 6.79 Å². The zero-order valence-corrected chi connectivity index (χ0v) is 15.1. The Morgan fingerprint density at radius 3 is 2.54 bits per heavy atom. The molecular formula is C19H17ClN4O2. The smallest absolute Gasteiger partial charge is 0.231 e. The fourth-order valence-corrected chi connectivity index (χ4v) is 2.87. The first kappa shape index (κ1) is 16.5. The molecule has 0 aliphatic carbocycles. The summed E-state index contributed by atoms with van der Waals surface area (Å²) < 4.78 is 10.7. The molecular weight excluding hydrogens is 352 g/mol. The van der Waals surface area contributed by atoms with E-state index < -0.39 is 0 Å². The Labute approximate surface area is 156 Å². The van der Waals surface area contributed by atoms with E-state index in [1.54, 1.807) is 0 Å². The van der Waals surface area contributed by atoms with Crippen molar-refractivity contribution in [3.63, 3.8) is 0 Å². The molecule has 0 atom stereocenters. The number of benzene rings is 2. The van der Waals surface area contributed by atoms with Crippen molar-refractivity contribution in [3.05, 3.63) is 58.9 Å². The summed E-state index contributed by atoms with van der Waals surface area (Å²) >= 11 is 6.19. The molecule has 4 rings (SSSR count). The maximum absolute atomic E-state index is 6.19. The van der Waals surface area contributed by atoms with E-state index in [9.17, 15) is 0 Å². The SMILES string of the molecule is Cc1nc(Nc2ccc3c(c2)OCO3)cc(Nc2cccc(Cl)c2C)n1. The van der Waals surface area contributed by atoms with Gasteiger partial charge in [-0.2, -0.15) is 0 Å². The average molecular weight is 369 g/mol. The van der Waals surface area contributed by atoms with Crippen LogP contribution in [0.1, 0.15) is 11.4 Å². The van der Waals surface area contributed by atoms with Crippen molar-refractivity contribution in [1.29, 1.82) is 0 Å². The van der Waals surface area contributed by atoms with E-state index in [0.29, 0.717) is 28.2 Å². The lowest BCUT2D eigenvalue weighted by Gasteiger charge is -2.12. The van der Waals surface area contributed by atoms with Crippen molar-refractivity contribution in [2.45, 2.75) is 13.8 Å². The number of hydrogen-bond donors (Lipinski definition) is 2. The van der Waals surface area contributed by atoms with E-state index >= 15 is 0 Å². The van der Waals surface area contributed by atoms with Gasteiger partial charge in [0.15, 0.2) is 11.5 Å². The third kappa shape index (κ3) is 3.36. The quantitative estimate of drug-likeness (QED) is 0.678. The number of nitrogens with zero attached hydrogens (tertiary/aromatic N) is 2. The molecule has 0 radical (unpaired) electrons. The molecule has 0 saturated heterocycles. The molecule has 2 N–H and O–H groups in total. The van der Waals surface area contributed by atoms with Crippen LogP contribution in [-0.4, -0.2) is 16.8 Å². The van der Waals surface area contributed by atoms with Gasteiger partial charge in [-0.05, 0) is 43.7 Å². The van der Waals surface area contributed by atoms with Crippen LogP contribution in [0.15, 0.2) is 42.5 Å². The number of nitrogens with one attached hydrogen (secondary N) is 2. The first-order valence-electron chi connectivity index (χ1n) is 8.13. The van der Waals surface area contributed by atoms with Gasteiger partial charge < -0.3 is 20.1 Å². The Hall–Kier alpha value is -2.99. The van der Waals surface area contributed by atoms with Crippen molar-refractivity contribution in [2.24, 2.45) is 0 Å². The lowest BCUT2D eigenvalue weighted by Crippen LogP contribution is -2.02. The topological polar surface area (TPSA) is 68.3 Å². The Balaban J connectivity index is 1.59. The number of rotatable bonds is 4. The summed E-state index contributed by atoms with van der Waals surface area (Å²) in [5.74, 6) is 3.48. The van der Waals surface area contributed by atoms with Gasteiger partial charge in [0, 0.05) is 28.5 Å². The van der Waals surface area contributed by atoms with E-state index in [4.69, 9.17) is 21.1 Å². The number of aryl methyl sites for hydroxylation is 1. The highest BCUT2D eigenvalue weighted by molar-refractivity contribution is 6.31. The number of ether oxygens (including phenoxy) is 2. The van der Waals surface area contributed by atoms with Gasteiger partial charge in [-0.15, -0.1) is 0 Å². The fourth-order valence-electron chi connectivity index (χ4n) is 2.70. The molecule has 0 saturated carbocycles. The Bertz CT molecular complexity index is 978. The van der Waals surface area contributed by atoms with Gasteiger partial charge in [-0.25, -0.2) is 9.97 Å². The Morgan fingerprint density at radius 1 is 0.923 bits per heavy atom. The molecule has 0 unspecified atom stereocenters. The second-order valence-electron chi connectivity index (χ2n) is 5.92. The molecule has 0 bridgehead atoms. The molecule has 1 aliphatic rings. The summed E-state index contributed by atoms with van der Waals surface area (Å²) in [7, 11) is 0. The Kier molecular flexibility index (Phi) is 4.26. The second-order valence-corrected chi connectivity index (χ2v) is 6.32. The minimum Gasteiger partial charge on any atom is -0.454 e. The monoisotopic (exact) mass is 368 g/mol. The van der Waals surface area contributed by atoms with Crippen molar-refractivity contribution >= 4 is 34.6 Å². The summed E-state index contributed by atoms with van der Waals surface area (Å²) in [6.45, 7) is 4.06. The molecule has 0 amide bonds. The highest BCUT2D eigenvalue weighted by atomic mass is 35.5. The molecule has 1 aromatic heterocycles. The summed E-state index contributed by atoms with van der Waals surface area (Å²) in [6.07, 6.45) is 0. The molecule has 132 valence electrons. The number of fused-ring (bicyclic) bond motifs is 1. The molecule has 26 heavy (non-hydrogen) atoms. The number of aromatic nitrogens is 2. The van der Waals surface area contributed by atoms with Gasteiger partial charge in [0.1, 0.15) is 17.5 Å². The lowest BCUT2D eigenvalue weighted by molar-refractivity contribution is 0.174. The fraction of sp³-hybridized carbons (Fsp3) is 0.158. The first-order valence-corrected chi connectivity index (χ1v) is 8.51. The third-order valence-electron chi connectivity index (χ3n) is 4.01. The van der Waals surface area contributed by atoms with E-state index in [-0.39, 0.29) is 6.79 Å². The van der Waals surface area contributed by atoms with Gasteiger partial charge in [0.25, 0.3) is 0 Å². The third-order valence-corrected chi connectivity index (χ3v) is 4.42. The summed E-state index contributed by atoms with van der Waals surface area (Å²) in [4.78, 5) is 8.89. The first-order chi connectivity index (χ1) is 12.6. The number of hydrogen-bond acceptors (Lipinski definition) is 6. The molecule has 3 aromatic rings. The molecule has 6 nitrogen and oxygen atoms in total. The second kappa shape index (κ2) is 6.72. The van der Waals surface area contributed by atoms with Crippen LogP contribution in [0, 0.1) is 13.8 Å². The molecule has 7 heteroatoms. The zero-order chi connectivity index (χ0) is 18.1. The van der Waals surface area contributed by atoms with Crippen LogP contribution in [0.25, 0.3) is 0 Å². The van der Waals surface area contributed by atoms with Crippen molar-refractivity contribution in [2.75, 3.05) is 17.4 Å². The summed E-state index contributed by atoms with van der Waals surface area (Å²) in [6, 6.07) is 13.2. The van der Waals surface area contributed by atoms with Gasteiger partial charge in [0.05, 0.1) is 0 Å². The van der Waals surface area contributed by atoms with E-state index in [1.165, 1.54) is 0 Å². The minimum atomic E-state index is 0.248. The number of anilines is 4. The minimum absolute atomic E-state index is 0.248. The van der Waals surface area contributed by atoms with Crippen molar-refractivity contribution in [1.82, 2.24) is 9.97 Å². The molecule has 2 heterocycles. The average Bonchev–Trinajstić information content (AvgIpc) is 3.06. The van der Waals surface area contributed by atoms with Crippen LogP contribution >= 0.6 is 11.6 Å². The van der Waals surface area contributed by atoms with E-state index in [0.717, 1.165) is 22.7 Å². The predicted octanol–water partition coefficient (Wildman–Crippen LogP) is 4.96. The maximum Gasteiger partial charge on any atom is 0.231 e. The van der Waals surface area contributed by atoms with E-state index in [2.05, 4.69) is 20.6 Å². The summed E-state index contributed by atoms with van der Waals surface area (Å²) in [5, 5.41) is 7.28. The zero-order valence-electron chi connectivity index (χ0n) is 14.3. The van der Waals surface area contributed by atoms with Gasteiger partial charge in [-0.3, -0.25) is 0 Å². The molecule has 1 aliphatic heterocycles. The van der Waals surface area contributed by atoms with Gasteiger partial charge >= 0.3 is 0 Å². The summed E-state index contributed by atoms with van der Waals surface area (Å²) in [5.41, 5.74) is 2.73. The van der Waals surface area contributed by atoms with Gasteiger partial charge in [-0.1, -0.05) is 17.7 Å². The van der Waals surface area contributed by atoms with Crippen LogP contribution in [-0.2, 0) is 0 Å². The largest absolute Gasteiger partial charge is 0.454 e. The standard InChI is InChI=1S/C19H17ClN4O2/c1-11-14(20)4-3-5-15(11)24-19-9-18(21-12(2)22-19)23-13-6-7-16-17(8-13)26-10-25-16/h3-9H,10H2,1-2H3,(H2,21,22,23,24). The van der Waals surface area contributed by atoms with Crippen LogP contribution in [0.2, 0.25) is 5.02 Å². The van der Waals surface area contributed by atoms with Crippen molar-refractivity contribution in [3.8, 4) is 11.5 Å². The van der Waals surface area contributed by atoms with Crippen LogP contribution < -0.4 is 20.1 Å². The van der Waals surface area contributed by atoms with Crippen molar-refractivity contribution < 1.29 is 9.47 Å². The lowest BCUT2D eigenvalue weighted by atomic mass is 10.2. The highest BCUT2D eigenvalue weighted by Gasteiger charge is 2.14. The molecule has 0 spiro atoms. The molecule has 2 aromatic carbocycles. The predicted molar refractivity (Wildman–Crippen MR) is 102 cm³/mol. The van der Waals surface area contributed by atoms with Crippen LogP contribution in [0.4, 0.5) is 23.0 Å².